The van der Waals surface area contributed by atoms with Crippen LogP contribution < -0.4 is 15.9 Å². The van der Waals surface area contributed by atoms with Gasteiger partial charge in [-0.1, -0.05) is 84.9 Å². The molecule has 0 amide bonds. The van der Waals surface area contributed by atoms with E-state index in [0.29, 0.717) is 0 Å². The van der Waals surface area contributed by atoms with E-state index in [1.165, 1.54) is 27.2 Å². The van der Waals surface area contributed by atoms with Crippen LogP contribution in [0.4, 0.5) is 0 Å². The third-order valence-electron chi connectivity index (χ3n) is 4.06. The Morgan fingerprint density at radius 1 is 0.542 bits per heavy atom. The predicted molar refractivity (Wildman–Crippen MR) is 105 cm³/mol. The molecule has 0 aliphatic carbocycles. The molecule has 3 aromatic carbocycles. The molecule has 0 atom stereocenters. The zero-order chi connectivity index (χ0) is 16.2. The van der Waals surface area contributed by atoms with Crippen molar-refractivity contribution in [2.45, 2.75) is 0 Å². The predicted octanol–water partition coefficient (Wildman–Crippen LogP) is 4.44. The molecule has 0 unspecified atom stereocenters. The lowest BCUT2D eigenvalue weighted by atomic mass is 10.1. The molecule has 1 N–H and O–H groups in total. The van der Waals surface area contributed by atoms with Gasteiger partial charge in [0, 0.05) is 17.5 Å². The minimum Gasteiger partial charge on any atom is -0.361 e. The fourth-order valence-corrected chi connectivity index (χ4v) is 5.44. The summed E-state index contributed by atoms with van der Waals surface area (Å²) >= 11 is 0. The van der Waals surface area contributed by atoms with E-state index in [1.807, 2.05) is 6.20 Å². The lowest BCUT2D eigenvalue weighted by Crippen LogP contribution is -2.22. The van der Waals surface area contributed by atoms with E-state index in [0.717, 1.165) is 0 Å². The second-order valence-corrected chi connectivity index (χ2v) is 7.79. The Morgan fingerprint density at radius 2 is 1.12 bits per heavy atom. The SMILES string of the molecule is c1ccc(P(c2ccccc2)c2ccccc2-c2ccc[nH]2)cc1. The van der Waals surface area contributed by atoms with Gasteiger partial charge in [-0.25, -0.2) is 0 Å². The number of aromatic nitrogens is 1. The Hall–Kier alpha value is -2.63. The Morgan fingerprint density at radius 3 is 1.71 bits per heavy atom. The summed E-state index contributed by atoms with van der Waals surface area (Å²) in [5.41, 5.74) is 2.45. The molecule has 0 saturated carbocycles. The largest absolute Gasteiger partial charge is 0.361 e. The van der Waals surface area contributed by atoms with Gasteiger partial charge in [0.15, 0.2) is 0 Å². The summed E-state index contributed by atoms with van der Waals surface area (Å²) < 4.78 is 0. The summed E-state index contributed by atoms with van der Waals surface area (Å²) in [4.78, 5) is 3.36. The van der Waals surface area contributed by atoms with Gasteiger partial charge in [-0.2, -0.15) is 0 Å². The molecule has 24 heavy (non-hydrogen) atoms. The highest BCUT2D eigenvalue weighted by atomic mass is 31.1. The van der Waals surface area contributed by atoms with E-state index in [4.69, 9.17) is 0 Å². The van der Waals surface area contributed by atoms with Crippen molar-refractivity contribution in [3.63, 3.8) is 0 Å². The molecule has 4 rings (SSSR count). The maximum Gasteiger partial charge on any atom is 0.0460 e. The van der Waals surface area contributed by atoms with Crippen LogP contribution in [0.5, 0.6) is 0 Å². The van der Waals surface area contributed by atoms with E-state index < -0.39 is 7.92 Å². The summed E-state index contributed by atoms with van der Waals surface area (Å²) in [6, 6.07) is 34.6. The maximum atomic E-state index is 3.36. The van der Waals surface area contributed by atoms with Crippen LogP contribution in [0.2, 0.25) is 0 Å². The Labute approximate surface area is 143 Å². The number of H-pyrrole nitrogens is 1. The minimum atomic E-state index is -0.592. The van der Waals surface area contributed by atoms with Gasteiger partial charge >= 0.3 is 0 Å². The number of hydrogen-bond donors (Lipinski definition) is 1. The third-order valence-corrected chi connectivity index (χ3v) is 6.56. The molecule has 116 valence electrons. The van der Waals surface area contributed by atoms with E-state index in [9.17, 15) is 0 Å². The van der Waals surface area contributed by atoms with Crippen molar-refractivity contribution >= 4 is 23.8 Å². The first-order chi connectivity index (χ1) is 11.9. The van der Waals surface area contributed by atoms with E-state index in [2.05, 4.69) is 102 Å². The molecular weight excluding hydrogens is 309 g/mol. The molecule has 0 saturated heterocycles. The van der Waals surface area contributed by atoms with Crippen molar-refractivity contribution in [1.82, 2.24) is 4.98 Å². The van der Waals surface area contributed by atoms with Gasteiger partial charge in [0.25, 0.3) is 0 Å². The van der Waals surface area contributed by atoms with Crippen molar-refractivity contribution < 1.29 is 0 Å². The van der Waals surface area contributed by atoms with Crippen LogP contribution in [0.1, 0.15) is 0 Å². The molecular formula is C22H18NP. The fourth-order valence-electron chi connectivity index (χ4n) is 2.98. The Balaban J connectivity index is 1.93. The second kappa shape index (κ2) is 6.86. The first kappa shape index (κ1) is 14.9. The van der Waals surface area contributed by atoms with Crippen LogP contribution in [0.25, 0.3) is 11.3 Å². The lowest BCUT2D eigenvalue weighted by molar-refractivity contribution is 1.41. The standard InChI is InChI=1S/C22H18NP/c1-3-10-18(11-4-1)24(19-12-5-2-6-13-19)22-16-8-7-14-20(22)21-15-9-17-23-21/h1-17,23H. The quantitative estimate of drug-likeness (QED) is 0.533. The zero-order valence-corrected chi connectivity index (χ0v) is 14.2. The average Bonchev–Trinajstić information content (AvgIpc) is 3.19. The Bertz CT molecular complexity index is 860. The van der Waals surface area contributed by atoms with Gasteiger partial charge in [0.1, 0.15) is 0 Å². The minimum absolute atomic E-state index is 0.592. The van der Waals surface area contributed by atoms with Gasteiger partial charge in [-0.15, -0.1) is 0 Å². The maximum absolute atomic E-state index is 3.36. The van der Waals surface area contributed by atoms with Crippen molar-refractivity contribution in [2.75, 3.05) is 0 Å². The van der Waals surface area contributed by atoms with Crippen LogP contribution in [-0.2, 0) is 0 Å². The lowest BCUT2D eigenvalue weighted by Gasteiger charge is -2.22. The molecule has 2 heteroatoms. The van der Waals surface area contributed by atoms with Gasteiger partial charge in [-0.05, 0) is 36.0 Å². The van der Waals surface area contributed by atoms with E-state index in [-0.39, 0.29) is 0 Å². The van der Waals surface area contributed by atoms with E-state index >= 15 is 0 Å². The van der Waals surface area contributed by atoms with Crippen molar-refractivity contribution in [1.29, 1.82) is 0 Å². The normalized spacial score (nSPS) is 10.9. The summed E-state index contributed by atoms with van der Waals surface area (Å²) in [6.07, 6.45) is 1.99. The number of nitrogens with one attached hydrogen (secondary N) is 1. The molecule has 1 heterocycles. The monoisotopic (exact) mass is 327 g/mol. The first-order valence-electron chi connectivity index (χ1n) is 8.06. The molecule has 0 fully saturated rings. The number of hydrogen-bond acceptors (Lipinski definition) is 0. The smallest absolute Gasteiger partial charge is 0.0460 e. The number of benzene rings is 3. The van der Waals surface area contributed by atoms with Crippen molar-refractivity contribution in [3.8, 4) is 11.3 Å². The second-order valence-electron chi connectivity index (χ2n) is 5.61. The molecule has 1 aromatic heterocycles. The zero-order valence-electron chi connectivity index (χ0n) is 13.3. The Kier molecular flexibility index (Phi) is 4.27. The van der Waals surface area contributed by atoms with Crippen LogP contribution in [0, 0.1) is 0 Å². The molecule has 0 bridgehead atoms. The molecule has 0 spiro atoms. The van der Waals surface area contributed by atoms with Crippen LogP contribution in [0.3, 0.4) is 0 Å². The molecule has 4 aromatic rings. The highest BCUT2D eigenvalue weighted by Gasteiger charge is 2.19. The molecule has 1 nitrogen and oxygen atoms in total. The molecule has 0 radical (unpaired) electrons. The van der Waals surface area contributed by atoms with Crippen LogP contribution in [0.15, 0.2) is 103 Å². The van der Waals surface area contributed by atoms with E-state index in [1.54, 1.807) is 0 Å². The first-order valence-corrected chi connectivity index (χ1v) is 9.41. The highest BCUT2D eigenvalue weighted by Crippen LogP contribution is 2.36. The highest BCUT2D eigenvalue weighted by molar-refractivity contribution is 7.80. The summed E-state index contributed by atoms with van der Waals surface area (Å²) in [5, 5.41) is 4.13. The van der Waals surface area contributed by atoms with Gasteiger partial charge in [0.05, 0.1) is 0 Å². The number of aromatic amines is 1. The summed E-state index contributed by atoms with van der Waals surface area (Å²) in [7, 11) is -0.592. The van der Waals surface area contributed by atoms with Gasteiger partial charge in [-0.3, -0.25) is 0 Å². The molecule has 0 aliphatic rings. The van der Waals surface area contributed by atoms with Crippen LogP contribution in [-0.4, -0.2) is 4.98 Å². The van der Waals surface area contributed by atoms with Crippen molar-refractivity contribution in [3.05, 3.63) is 103 Å². The fraction of sp³-hybridized carbons (Fsp3) is 0. The average molecular weight is 327 g/mol. The third kappa shape index (κ3) is 2.91. The summed E-state index contributed by atoms with van der Waals surface area (Å²) in [6.45, 7) is 0. The topological polar surface area (TPSA) is 15.8 Å². The summed E-state index contributed by atoms with van der Waals surface area (Å²) in [5.74, 6) is 0. The van der Waals surface area contributed by atoms with Gasteiger partial charge in [0.2, 0.25) is 0 Å². The molecule has 0 aliphatic heterocycles. The van der Waals surface area contributed by atoms with Gasteiger partial charge < -0.3 is 4.98 Å². The van der Waals surface area contributed by atoms with Crippen LogP contribution >= 0.6 is 7.92 Å². The van der Waals surface area contributed by atoms with Crippen molar-refractivity contribution in [2.24, 2.45) is 0 Å². The number of rotatable bonds is 4.